The first-order valence-corrected chi connectivity index (χ1v) is 14.5. The maximum absolute atomic E-state index is 13.3. The number of nitrogens with zero attached hydrogens (tertiary/aromatic N) is 1. The number of aryl methyl sites for hydroxylation is 1. The van der Waals surface area contributed by atoms with Crippen LogP contribution < -0.4 is 5.73 Å². The molecule has 13 nitrogen and oxygen atoms in total. The van der Waals surface area contributed by atoms with Gasteiger partial charge in [-0.15, -0.1) is 0 Å². The van der Waals surface area contributed by atoms with E-state index in [-0.39, 0.29) is 16.2 Å². The molecule has 6 atom stereocenters. The molecular formula is C29H32N2O11S. The predicted octanol–water partition coefficient (Wildman–Crippen LogP) is 0.894. The van der Waals surface area contributed by atoms with E-state index in [1.54, 1.807) is 31.2 Å². The number of hydrogen-bond acceptors (Lipinski definition) is 11. The van der Waals surface area contributed by atoms with Crippen LogP contribution in [0.15, 0.2) is 70.0 Å². The van der Waals surface area contributed by atoms with Gasteiger partial charge in [-0.25, -0.2) is 0 Å². The Labute approximate surface area is 246 Å². The van der Waals surface area contributed by atoms with E-state index >= 15 is 0 Å². The molecule has 0 fully saturated rings. The molecule has 43 heavy (non-hydrogen) atoms. The van der Waals surface area contributed by atoms with E-state index in [0.717, 1.165) is 5.56 Å². The number of Topliss-reactive ketones (excluding diaryl/α,β-unsaturated/α-hetero) is 2. The highest BCUT2D eigenvalue weighted by Crippen LogP contribution is 2.55. The lowest BCUT2D eigenvalue weighted by atomic mass is 9.55. The van der Waals surface area contributed by atoms with Crippen molar-refractivity contribution in [3.63, 3.8) is 0 Å². The molecule has 0 radical (unpaired) electrons. The van der Waals surface area contributed by atoms with E-state index in [1.807, 2.05) is 6.92 Å². The van der Waals surface area contributed by atoms with E-state index < -0.39 is 85.8 Å². The molecule has 230 valence electrons. The van der Waals surface area contributed by atoms with Crippen molar-refractivity contribution in [3.8, 4) is 5.75 Å². The maximum Gasteiger partial charge on any atom is 0.294 e. The molecule has 5 rings (SSSR count). The van der Waals surface area contributed by atoms with Crippen LogP contribution in [0.5, 0.6) is 5.75 Å². The van der Waals surface area contributed by atoms with Gasteiger partial charge < -0.3 is 31.3 Å². The fraction of sp³-hybridized carbons (Fsp3) is 0.345. The number of phenols is 1. The van der Waals surface area contributed by atoms with Gasteiger partial charge in [0, 0.05) is 11.5 Å². The fourth-order valence-electron chi connectivity index (χ4n) is 6.29. The number of ketones is 2. The van der Waals surface area contributed by atoms with Gasteiger partial charge in [0.25, 0.3) is 16.0 Å². The highest BCUT2D eigenvalue weighted by molar-refractivity contribution is 7.85. The molecule has 2 aromatic rings. The molecule has 2 aromatic carbocycles. The normalized spacial score (nSPS) is 28.5. The number of primary amides is 1. The first-order chi connectivity index (χ1) is 19.9. The summed E-state index contributed by atoms with van der Waals surface area (Å²) in [5.41, 5.74) is 2.32. The third-order valence-corrected chi connectivity index (χ3v) is 9.18. The van der Waals surface area contributed by atoms with Gasteiger partial charge in [-0.3, -0.25) is 23.8 Å². The number of aliphatic hydroxyl groups is 4. The second-order valence-electron chi connectivity index (χ2n) is 11.1. The number of phenolic OH excluding ortho intramolecular Hbond substituents is 1. The van der Waals surface area contributed by atoms with Crippen molar-refractivity contribution in [3.05, 3.63) is 81.8 Å². The summed E-state index contributed by atoms with van der Waals surface area (Å²) in [4.78, 5) is 39.8. The summed E-state index contributed by atoms with van der Waals surface area (Å²) in [6, 6.07) is 9.15. The maximum atomic E-state index is 13.3. The summed E-state index contributed by atoms with van der Waals surface area (Å²) < 4.78 is 29.6. The Morgan fingerprint density at radius 1 is 1.02 bits per heavy atom. The third kappa shape index (κ3) is 4.90. The third-order valence-electron chi connectivity index (χ3n) is 8.31. The summed E-state index contributed by atoms with van der Waals surface area (Å²) in [7, 11) is -1.04. The second kappa shape index (κ2) is 10.9. The summed E-state index contributed by atoms with van der Waals surface area (Å²) in [6.07, 6.45) is -1.59. The molecule has 0 spiro atoms. The molecule has 0 aliphatic heterocycles. The van der Waals surface area contributed by atoms with Gasteiger partial charge in [-0.2, -0.15) is 8.42 Å². The van der Waals surface area contributed by atoms with Crippen LogP contribution in [0.1, 0.15) is 34.3 Å². The number of amides is 1. The Morgan fingerprint density at radius 3 is 2.12 bits per heavy atom. The molecule has 0 saturated carbocycles. The quantitative estimate of drug-likeness (QED) is 0.188. The Hall–Kier alpha value is -4.08. The number of fused-ring (bicyclic) bond motifs is 3. The predicted molar refractivity (Wildman–Crippen MR) is 151 cm³/mol. The summed E-state index contributed by atoms with van der Waals surface area (Å²) in [5.74, 6) is -8.86. The lowest BCUT2D eigenvalue weighted by Crippen LogP contribution is -2.68. The minimum absolute atomic E-state index is 0.0666. The molecule has 0 saturated heterocycles. The molecule has 1 amide bonds. The summed E-state index contributed by atoms with van der Waals surface area (Å²) >= 11 is 0. The van der Waals surface area contributed by atoms with E-state index in [4.69, 9.17) is 10.3 Å². The van der Waals surface area contributed by atoms with Crippen molar-refractivity contribution in [1.29, 1.82) is 0 Å². The fourth-order valence-corrected chi connectivity index (χ4v) is 6.77. The Bertz CT molecular complexity index is 1700. The topological polar surface area (TPSA) is 236 Å². The Balaban J connectivity index is 0.000000324. The van der Waals surface area contributed by atoms with Crippen molar-refractivity contribution in [2.75, 3.05) is 14.1 Å². The standard InChI is InChI=1S/C22H24N2O8.C7H8O3S/c1-7-8-5-4-6-9(25)11(8)16(26)12-10(7)17(27)14-15(24(2)3)18(28)13(21(23)31)20(30)22(14,32)19(12)29;1-6-2-4-7(5-3-6)11(8,9)10/h4-7,10,14-15,17,25,27-29,32H,1-3H3,(H2,23,31);2-5H,1H3,(H,8,9,10)/t7-,10+,14-,15-,17-,22-;/m0./s1. The Morgan fingerprint density at radius 2 is 1.60 bits per heavy atom. The van der Waals surface area contributed by atoms with E-state index in [0.29, 0.717) is 5.56 Å². The smallest absolute Gasteiger partial charge is 0.294 e. The number of hydrogen-bond donors (Lipinski definition) is 7. The molecular weight excluding hydrogens is 584 g/mol. The number of likely N-dealkylation sites (N-methyl/N-ethyl adjacent to an activating group) is 1. The highest BCUT2D eigenvalue weighted by Gasteiger charge is 2.67. The van der Waals surface area contributed by atoms with Crippen molar-refractivity contribution < 1.29 is 52.9 Å². The van der Waals surface area contributed by atoms with Gasteiger partial charge >= 0.3 is 0 Å². The minimum Gasteiger partial charge on any atom is -0.510 e. The van der Waals surface area contributed by atoms with Gasteiger partial charge in [0.2, 0.25) is 5.78 Å². The molecule has 0 aromatic heterocycles. The number of rotatable bonds is 3. The van der Waals surface area contributed by atoms with Crippen molar-refractivity contribution in [2.24, 2.45) is 17.6 Å². The van der Waals surface area contributed by atoms with Crippen LogP contribution >= 0.6 is 0 Å². The van der Waals surface area contributed by atoms with Gasteiger partial charge in [-0.1, -0.05) is 36.8 Å². The van der Waals surface area contributed by atoms with Crippen LogP contribution in [0.2, 0.25) is 0 Å². The largest absolute Gasteiger partial charge is 0.510 e. The zero-order valence-corrected chi connectivity index (χ0v) is 24.4. The average Bonchev–Trinajstić information content (AvgIpc) is 2.90. The number of nitrogens with two attached hydrogens (primary N) is 1. The zero-order chi connectivity index (χ0) is 32.3. The number of carbonyl (C=O) groups excluding carboxylic acids is 3. The van der Waals surface area contributed by atoms with Crippen LogP contribution in [0.25, 0.3) is 0 Å². The molecule has 3 aliphatic carbocycles. The van der Waals surface area contributed by atoms with Gasteiger partial charge in [0.15, 0.2) is 11.4 Å². The van der Waals surface area contributed by atoms with Crippen LogP contribution in [0, 0.1) is 18.8 Å². The van der Waals surface area contributed by atoms with Crippen LogP contribution in [0.3, 0.4) is 0 Å². The first-order valence-electron chi connectivity index (χ1n) is 13.1. The molecule has 0 bridgehead atoms. The SMILES string of the molecule is C[C@H]1c2cccc(O)c2C(=O)C2=C(O)[C@]3(O)C(=O)C(C(N)=O)=C(O)[C@@H](N(C)C)[C@H]3[C@@H](O)[C@@H]21.Cc1ccc(S(=O)(=O)O)cc1. The number of carbonyl (C=O) groups is 3. The number of benzene rings is 2. The Kier molecular flexibility index (Phi) is 8.06. The van der Waals surface area contributed by atoms with Gasteiger partial charge in [0.05, 0.1) is 28.5 Å². The van der Waals surface area contributed by atoms with Crippen LogP contribution in [-0.2, 0) is 19.7 Å². The summed E-state index contributed by atoms with van der Waals surface area (Å²) in [6.45, 7) is 3.52. The molecule has 0 unspecified atom stereocenters. The van der Waals surface area contributed by atoms with Crippen molar-refractivity contribution in [2.45, 2.75) is 42.4 Å². The molecule has 8 N–H and O–H groups in total. The second-order valence-corrected chi connectivity index (χ2v) is 12.5. The van der Waals surface area contributed by atoms with Crippen LogP contribution in [-0.4, -0.2) is 92.7 Å². The van der Waals surface area contributed by atoms with E-state index in [1.165, 1.54) is 37.2 Å². The lowest BCUT2D eigenvalue weighted by Gasteiger charge is -2.53. The van der Waals surface area contributed by atoms with E-state index in [9.17, 15) is 48.3 Å². The summed E-state index contributed by atoms with van der Waals surface area (Å²) in [5, 5.41) is 55.0. The number of aromatic hydroxyl groups is 1. The highest BCUT2D eigenvalue weighted by atomic mass is 32.2. The van der Waals surface area contributed by atoms with E-state index in [2.05, 4.69) is 0 Å². The molecule has 0 heterocycles. The molecule has 3 aliphatic rings. The lowest BCUT2D eigenvalue weighted by molar-refractivity contribution is -0.162. The van der Waals surface area contributed by atoms with Crippen molar-refractivity contribution in [1.82, 2.24) is 4.90 Å². The van der Waals surface area contributed by atoms with Gasteiger partial charge in [-0.05, 0) is 50.7 Å². The number of aliphatic hydroxyl groups excluding tert-OH is 3. The average molecular weight is 617 g/mol. The monoisotopic (exact) mass is 616 g/mol. The minimum atomic E-state index is -4.02. The van der Waals surface area contributed by atoms with Crippen LogP contribution in [0.4, 0.5) is 0 Å². The van der Waals surface area contributed by atoms with Gasteiger partial charge in [0.1, 0.15) is 22.8 Å². The van der Waals surface area contributed by atoms with Crippen molar-refractivity contribution >= 4 is 27.6 Å². The first kappa shape index (κ1) is 31.8. The molecule has 14 heteroatoms. The zero-order valence-electron chi connectivity index (χ0n) is 23.6.